The topological polar surface area (TPSA) is 68.6 Å². The number of hydrogen-bond acceptors (Lipinski definition) is 5. The van der Waals surface area contributed by atoms with Gasteiger partial charge in [0, 0.05) is 24.0 Å². The SMILES string of the molecule is CCn1ccnc1CSc1n[nH]c(-c2cc(Cl)ccc2OC)n1. The number of nitrogens with one attached hydrogen (secondary N) is 1. The Morgan fingerprint density at radius 2 is 2.26 bits per heavy atom. The monoisotopic (exact) mass is 349 g/mol. The third-order valence-electron chi connectivity index (χ3n) is 3.35. The summed E-state index contributed by atoms with van der Waals surface area (Å²) in [7, 11) is 1.61. The van der Waals surface area contributed by atoms with Crippen molar-refractivity contribution in [3.63, 3.8) is 0 Å². The molecule has 1 aromatic carbocycles. The largest absolute Gasteiger partial charge is 0.496 e. The fraction of sp³-hybridized carbons (Fsp3) is 0.267. The smallest absolute Gasteiger partial charge is 0.209 e. The van der Waals surface area contributed by atoms with Gasteiger partial charge in [-0.1, -0.05) is 23.4 Å². The highest BCUT2D eigenvalue weighted by atomic mass is 35.5. The van der Waals surface area contributed by atoms with E-state index in [9.17, 15) is 0 Å². The maximum absolute atomic E-state index is 6.06. The number of nitrogens with zero attached hydrogens (tertiary/aromatic N) is 4. The Kier molecular flexibility index (Phi) is 4.88. The molecule has 2 aromatic heterocycles. The number of aryl methyl sites for hydroxylation is 1. The molecule has 0 radical (unpaired) electrons. The summed E-state index contributed by atoms with van der Waals surface area (Å²) in [5.74, 6) is 3.05. The van der Waals surface area contributed by atoms with Crippen LogP contribution in [0.15, 0.2) is 35.7 Å². The van der Waals surface area contributed by atoms with E-state index in [1.807, 2.05) is 12.3 Å². The van der Waals surface area contributed by atoms with E-state index in [0.29, 0.717) is 27.5 Å². The number of halogens is 1. The number of aromatic amines is 1. The lowest BCUT2D eigenvalue weighted by Crippen LogP contribution is -1.99. The molecule has 23 heavy (non-hydrogen) atoms. The summed E-state index contributed by atoms with van der Waals surface area (Å²) in [4.78, 5) is 8.85. The van der Waals surface area contributed by atoms with Crippen molar-refractivity contribution in [2.24, 2.45) is 0 Å². The summed E-state index contributed by atoms with van der Waals surface area (Å²) in [6.45, 7) is 2.99. The second-order valence-electron chi connectivity index (χ2n) is 4.73. The van der Waals surface area contributed by atoms with Gasteiger partial charge in [-0.25, -0.2) is 9.97 Å². The summed E-state index contributed by atoms with van der Waals surface area (Å²) in [6.07, 6.45) is 3.77. The minimum Gasteiger partial charge on any atom is -0.496 e. The average molecular weight is 350 g/mol. The number of benzene rings is 1. The first kappa shape index (κ1) is 15.9. The highest BCUT2D eigenvalue weighted by Gasteiger charge is 2.13. The van der Waals surface area contributed by atoms with Crippen LogP contribution in [-0.4, -0.2) is 31.8 Å². The van der Waals surface area contributed by atoms with Crippen molar-refractivity contribution in [3.8, 4) is 17.1 Å². The summed E-state index contributed by atoms with van der Waals surface area (Å²) < 4.78 is 7.44. The lowest BCUT2D eigenvalue weighted by molar-refractivity contribution is 0.416. The minimum atomic E-state index is 0.622. The van der Waals surface area contributed by atoms with E-state index >= 15 is 0 Å². The third-order valence-corrected chi connectivity index (χ3v) is 4.43. The fourth-order valence-electron chi connectivity index (χ4n) is 2.19. The van der Waals surface area contributed by atoms with Gasteiger partial charge in [0.1, 0.15) is 11.6 Å². The Balaban J connectivity index is 1.77. The van der Waals surface area contributed by atoms with Crippen LogP contribution in [0, 0.1) is 0 Å². The molecule has 0 unspecified atom stereocenters. The zero-order valence-electron chi connectivity index (χ0n) is 12.8. The van der Waals surface area contributed by atoms with Crippen LogP contribution in [0.5, 0.6) is 5.75 Å². The van der Waals surface area contributed by atoms with Gasteiger partial charge in [-0.05, 0) is 25.1 Å². The van der Waals surface area contributed by atoms with E-state index < -0.39 is 0 Å². The van der Waals surface area contributed by atoms with Crippen LogP contribution in [0.2, 0.25) is 5.02 Å². The summed E-state index contributed by atoms with van der Waals surface area (Å²) in [6, 6.07) is 5.39. The van der Waals surface area contributed by atoms with E-state index in [4.69, 9.17) is 16.3 Å². The van der Waals surface area contributed by atoms with Gasteiger partial charge < -0.3 is 9.30 Å². The predicted octanol–water partition coefficient (Wildman–Crippen LogP) is 3.64. The van der Waals surface area contributed by atoms with Crippen LogP contribution < -0.4 is 4.74 Å². The van der Waals surface area contributed by atoms with Gasteiger partial charge in [0.2, 0.25) is 5.16 Å². The molecule has 0 aliphatic rings. The molecule has 0 aliphatic carbocycles. The maximum atomic E-state index is 6.06. The number of H-pyrrole nitrogens is 1. The van der Waals surface area contributed by atoms with Crippen LogP contribution in [0.1, 0.15) is 12.7 Å². The molecule has 0 bridgehead atoms. The normalized spacial score (nSPS) is 10.9. The molecule has 0 amide bonds. The van der Waals surface area contributed by atoms with Crippen molar-refractivity contribution < 1.29 is 4.74 Å². The number of rotatable bonds is 6. The lowest BCUT2D eigenvalue weighted by Gasteiger charge is -2.05. The van der Waals surface area contributed by atoms with Crippen molar-refractivity contribution in [3.05, 3.63) is 41.4 Å². The number of ether oxygens (including phenoxy) is 1. The molecular weight excluding hydrogens is 334 g/mol. The number of methoxy groups -OCH3 is 1. The highest BCUT2D eigenvalue weighted by molar-refractivity contribution is 7.98. The maximum Gasteiger partial charge on any atom is 0.209 e. The van der Waals surface area contributed by atoms with Crippen molar-refractivity contribution in [1.29, 1.82) is 0 Å². The first-order valence-electron chi connectivity index (χ1n) is 7.10. The Bertz CT molecular complexity index is 801. The summed E-state index contributed by atoms with van der Waals surface area (Å²) in [5.41, 5.74) is 0.786. The van der Waals surface area contributed by atoms with E-state index in [1.165, 1.54) is 11.8 Å². The van der Waals surface area contributed by atoms with E-state index in [-0.39, 0.29) is 0 Å². The second kappa shape index (κ2) is 7.06. The van der Waals surface area contributed by atoms with Crippen LogP contribution in [0.3, 0.4) is 0 Å². The molecular formula is C15H16ClN5OS. The molecule has 6 nitrogen and oxygen atoms in total. The van der Waals surface area contributed by atoms with Gasteiger partial charge in [0.25, 0.3) is 0 Å². The standard InChI is InChI=1S/C15H16ClN5OS/c1-3-21-7-6-17-13(21)9-23-15-18-14(19-20-15)11-8-10(16)4-5-12(11)22-2/h4-8H,3,9H2,1-2H3,(H,18,19,20). The molecule has 0 atom stereocenters. The van der Waals surface area contributed by atoms with Crippen molar-refractivity contribution in [1.82, 2.24) is 24.7 Å². The Hall–Kier alpha value is -1.99. The van der Waals surface area contributed by atoms with Gasteiger partial charge in [-0.2, -0.15) is 0 Å². The molecule has 0 saturated heterocycles. The molecule has 3 rings (SSSR count). The molecule has 1 N–H and O–H groups in total. The first-order chi connectivity index (χ1) is 11.2. The van der Waals surface area contributed by atoms with Crippen LogP contribution in [-0.2, 0) is 12.3 Å². The second-order valence-corrected chi connectivity index (χ2v) is 6.11. The molecule has 0 spiro atoms. The Morgan fingerprint density at radius 3 is 3.04 bits per heavy atom. The molecule has 120 valence electrons. The van der Waals surface area contributed by atoms with Crippen molar-refractivity contribution in [2.75, 3.05) is 7.11 Å². The summed E-state index contributed by atoms with van der Waals surface area (Å²) >= 11 is 7.59. The number of thioether (sulfide) groups is 1. The van der Waals surface area contributed by atoms with Gasteiger partial charge in [-0.15, -0.1) is 5.10 Å². The van der Waals surface area contributed by atoms with E-state index in [1.54, 1.807) is 25.4 Å². The first-order valence-corrected chi connectivity index (χ1v) is 8.46. The quantitative estimate of drug-likeness (QED) is 0.688. The highest BCUT2D eigenvalue weighted by Crippen LogP contribution is 2.31. The van der Waals surface area contributed by atoms with Crippen LogP contribution >= 0.6 is 23.4 Å². The van der Waals surface area contributed by atoms with Gasteiger partial charge in [0.15, 0.2) is 5.82 Å². The number of imidazole rings is 1. The lowest BCUT2D eigenvalue weighted by atomic mass is 10.2. The molecule has 2 heterocycles. The average Bonchev–Trinajstić information content (AvgIpc) is 3.21. The Labute approximate surface area is 143 Å². The predicted molar refractivity (Wildman–Crippen MR) is 90.8 cm³/mol. The van der Waals surface area contributed by atoms with Gasteiger partial charge in [0.05, 0.1) is 18.4 Å². The molecule has 0 saturated carbocycles. The van der Waals surface area contributed by atoms with Gasteiger partial charge >= 0.3 is 0 Å². The zero-order chi connectivity index (χ0) is 16.2. The number of hydrogen-bond donors (Lipinski definition) is 1. The van der Waals surface area contributed by atoms with Crippen molar-refractivity contribution in [2.45, 2.75) is 24.4 Å². The van der Waals surface area contributed by atoms with Crippen molar-refractivity contribution >= 4 is 23.4 Å². The van der Waals surface area contributed by atoms with E-state index in [0.717, 1.165) is 17.9 Å². The number of aromatic nitrogens is 5. The Morgan fingerprint density at radius 1 is 1.39 bits per heavy atom. The fourth-order valence-corrected chi connectivity index (χ4v) is 3.13. The minimum absolute atomic E-state index is 0.622. The van der Waals surface area contributed by atoms with Crippen LogP contribution in [0.25, 0.3) is 11.4 Å². The molecule has 8 heteroatoms. The third kappa shape index (κ3) is 3.51. The molecule has 0 aliphatic heterocycles. The molecule has 3 aromatic rings. The van der Waals surface area contributed by atoms with Gasteiger partial charge in [-0.3, -0.25) is 5.10 Å². The zero-order valence-corrected chi connectivity index (χ0v) is 14.4. The van der Waals surface area contributed by atoms with Crippen LogP contribution in [0.4, 0.5) is 0 Å². The summed E-state index contributed by atoms with van der Waals surface area (Å²) in [5, 5.41) is 8.46. The molecule has 0 fully saturated rings. The van der Waals surface area contributed by atoms with E-state index in [2.05, 4.69) is 31.7 Å².